The Morgan fingerprint density at radius 1 is 1.23 bits per heavy atom. The first kappa shape index (κ1) is 31.7. The second kappa shape index (κ2) is 14.0. The van der Waals surface area contributed by atoms with E-state index in [2.05, 4.69) is 15.6 Å². The van der Waals surface area contributed by atoms with Gasteiger partial charge in [-0.25, -0.2) is 19.4 Å². The van der Waals surface area contributed by atoms with Crippen molar-refractivity contribution < 1.29 is 43.3 Å². The van der Waals surface area contributed by atoms with Crippen LogP contribution in [0.3, 0.4) is 0 Å². The number of hydrogen-bond acceptors (Lipinski definition) is 13. The first-order valence-corrected chi connectivity index (χ1v) is 13.8. The summed E-state index contributed by atoms with van der Waals surface area (Å²) in [5.41, 5.74) is 10.4. The molecule has 2 heterocycles. The second-order valence-electron chi connectivity index (χ2n) is 9.47. The molecule has 1 unspecified atom stereocenters. The summed E-state index contributed by atoms with van der Waals surface area (Å²) < 4.78 is 14.8. The van der Waals surface area contributed by atoms with Gasteiger partial charge in [0, 0.05) is 16.7 Å². The van der Waals surface area contributed by atoms with Gasteiger partial charge >= 0.3 is 24.0 Å². The van der Waals surface area contributed by atoms with Crippen molar-refractivity contribution in [3.05, 3.63) is 22.3 Å². The zero-order valence-electron chi connectivity index (χ0n) is 22.0. The Morgan fingerprint density at radius 3 is 2.46 bits per heavy atom. The predicted octanol–water partition coefficient (Wildman–Crippen LogP) is 1.28. The minimum Gasteiger partial charge on any atom is -0.480 e. The first-order chi connectivity index (χ1) is 18.2. The van der Waals surface area contributed by atoms with E-state index in [-0.39, 0.29) is 28.8 Å². The number of nitrogens with one attached hydrogen (secondary N) is 2. The summed E-state index contributed by atoms with van der Waals surface area (Å²) in [6.45, 7) is 5.67. The second-order valence-corrected chi connectivity index (χ2v) is 11.5. The van der Waals surface area contributed by atoms with Gasteiger partial charge < -0.3 is 41.4 Å². The number of anilines is 1. The molecule has 0 fully saturated rings. The highest BCUT2D eigenvalue weighted by molar-refractivity contribution is 8.00. The Kier molecular flexibility index (Phi) is 11.4. The standard InChI is InChI=1S/C23H33N5O9S2/c1-5-6-12(13-9-39-21(24)26-13)16(29)27-15(18(30)31)17-28-14(11(8-38-17)7-35-22(25)34)19(32)36-10-37-20(33)23(2,3)4/h9,12,15,17,28H,5-8,10H2,1-4H3,(H2,24,26)(H2,25,34)(H,27,29)(H,30,31)/t12?,15-,17+/m0/s1. The summed E-state index contributed by atoms with van der Waals surface area (Å²) >= 11 is 2.23. The molecule has 0 bridgehead atoms. The lowest BCUT2D eigenvalue weighted by Gasteiger charge is -2.32. The van der Waals surface area contributed by atoms with Crippen LogP contribution in [0.2, 0.25) is 0 Å². The molecule has 0 aliphatic carbocycles. The SMILES string of the molecule is CCCC(C(=O)N[C@H](C(=O)O)[C@@H]1NC(C(=O)OCOC(=O)C(C)(C)C)=C(COC(N)=O)CS1)c1csc(N)n1. The van der Waals surface area contributed by atoms with Crippen LogP contribution in [-0.4, -0.2) is 70.6 Å². The van der Waals surface area contributed by atoms with Crippen LogP contribution in [0.5, 0.6) is 0 Å². The Labute approximate surface area is 233 Å². The van der Waals surface area contributed by atoms with E-state index in [4.69, 9.17) is 25.7 Å². The van der Waals surface area contributed by atoms with E-state index in [0.717, 1.165) is 11.8 Å². The highest BCUT2D eigenvalue weighted by Crippen LogP contribution is 2.28. The Bertz CT molecular complexity index is 1120. The fourth-order valence-electron chi connectivity index (χ4n) is 3.31. The maximum absolute atomic E-state index is 13.1. The first-order valence-electron chi connectivity index (χ1n) is 11.8. The van der Waals surface area contributed by atoms with E-state index < -0.39 is 59.4 Å². The van der Waals surface area contributed by atoms with E-state index in [1.165, 1.54) is 11.3 Å². The molecule has 0 saturated carbocycles. The number of primary amides is 1. The molecule has 14 nitrogen and oxygen atoms in total. The number of nitrogens with two attached hydrogens (primary N) is 2. The van der Waals surface area contributed by atoms with Crippen molar-refractivity contribution in [1.29, 1.82) is 0 Å². The van der Waals surface area contributed by atoms with Gasteiger partial charge in [0.25, 0.3) is 0 Å². The number of ether oxygens (including phenoxy) is 3. The van der Waals surface area contributed by atoms with Crippen molar-refractivity contribution in [1.82, 2.24) is 15.6 Å². The fourth-order valence-corrected chi connectivity index (χ4v) is 5.12. The number of carboxylic acids is 1. The quantitative estimate of drug-likeness (QED) is 0.172. The summed E-state index contributed by atoms with van der Waals surface area (Å²) in [5, 5.41) is 16.1. The van der Waals surface area contributed by atoms with Gasteiger partial charge in [-0.2, -0.15) is 0 Å². The number of carbonyl (C=O) groups is 5. The third-order valence-electron chi connectivity index (χ3n) is 5.32. The van der Waals surface area contributed by atoms with Gasteiger partial charge in [-0.15, -0.1) is 23.1 Å². The molecule has 0 radical (unpaired) electrons. The van der Waals surface area contributed by atoms with Crippen LogP contribution in [-0.2, 0) is 33.4 Å². The van der Waals surface area contributed by atoms with Gasteiger partial charge in [0.05, 0.1) is 17.0 Å². The minimum absolute atomic E-state index is 0.0395. The summed E-state index contributed by atoms with van der Waals surface area (Å²) in [6, 6.07) is -1.47. The number of carboxylic acid groups (broad SMARTS) is 1. The van der Waals surface area contributed by atoms with Crippen molar-refractivity contribution in [3.63, 3.8) is 0 Å². The largest absolute Gasteiger partial charge is 0.480 e. The lowest BCUT2D eigenvalue weighted by atomic mass is 9.98. The molecule has 16 heteroatoms. The number of aromatic nitrogens is 1. The molecule has 2 rings (SSSR count). The van der Waals surface area contributed by atoms with E-state index in [1.54, 1.807) is 26.2 Å². The number of nitrogen functional groups attached to an aromatic ring is 1. The van der Waals surface area contributed by atoms with Gasteiger partial charge in [-0.3, -0.25) is 9.59 Å². The van der Waals surface area contributed by atoms with Crippen molar-refractivity contribution in [3.8, 4) is 0 Å². The van der Waals surface area contributed by atoms with E-state index in [1.807, 2.05) is 6.92 Å². The highest BCUT2D eigenvalue weighted by Gasteiger charge is 2.38. The molecule has 3 atom stereocenters. The van der Waals surface area contributed by atoms with Crippen molar-refractivity contribution in [2.45, 2.75) is 57.9 Å². The average Bonchev–Trinajstić information content (AvgIpc) is 3.29. The Hall–Kier alpha value is -3.53. The Morgan fingerprint density at radius 2 is 1.92 bits per heavy atom. The van der Waals surface area contributed by atoms with Crippen molar-refractivity contribution >= 4 is 58.1 Å². The maximum atomic E-state index is 13.1. The minimum atomic E-state index is -1.47. The van der Waals surface area contributed by atoms with E-state index >= 15 is 0 Å². The topological polar surface area (TPSA) is 222 Å². The number of aliphatic carboxylic acids is 1. The van der Waals surface area contributed by atoms with Gasteiger partial charge in [0.2, 0.25) is 12.7 Å². The number of nitrogens with zero attached hydrogens (tertiary/aromatic N) is 1. The molecule has 1 aromatic heterocycles. The van der Waals surface area contributed by atoms with E-state index in [0.29, 0.717) is 18.5 Å². The normalized spacial score (nSPS) is 16.9. The van der Waals surface area contributed by atoms with Crippen LogP contribution >= 0.6 is 23.1 Å². The number of thioether (sulfide) groups is 1. The number of hydrogen-bond donors (Lipinski definition) is 5. The molecule has 7 N–H and O–H groups in total. The number of esters is 2. The molecule has 2 amide bonds. The zero-order valence-corrected chi connectivity index (χ0v) is 23.6. The lowest BCUT2D eigenvalue weighted by Crippen LogP contribution is -2.55. The summed E-state index contributed by atoms with van der Waals surface area (Å²) in [6.07, 6.45) is -0.0426. The summed E-state index contributed by atoms with van der Waals surface area (Å²) in [7, 11) is 0. The van der Waals surface area contributed by atoms with Crippen LogP contribution in [0.25, 0.3) is 0 Å². The Balaban J connectivity index is 2.22. The summed E-state index contributed by atoms with van der Waals surface area (Å²) in [4.78, 5) is 65.4. The van der Waals surface area contributed by atoms with Crippen LogP contribution in [0, 0.1) is 5.41 Å². The lowest BCUT2D eigenvalue weighted by molar-refractivity contribution is -0.171. The highest BCUT2D eigenvalue weighted by atomic mass is 32.2. The summed E-state index contributed by atoms with van der Waals surface area (Å²) in [5.74, 6) is -4.20. The van der Waals surface area contributed by atoms with E-state index in [9.17, 15) is 29.1 Å². The van der Waals surface area contributed by atoms with Crippen molar-refractivity contribution in [2.24, 2.45) is 11.1 Å². The van der Waals surface area contributed by atoms with Gasteiger partial charge in [0.1, 0.15) is 17.7 Å². The third-order valence-corrected chi connectivity index (χ3v) is 7.28. The predicted molar refractivity (Wildman–Crippen MR) is 142 cm³/mol. The number of carbonyl (C=O) groups excluding carboxylic acids is 4. The zero-order chi connectivity index (χ0) is 29.3. The van der Waals surface area contributed by atoms with Crippen LogP contribution in [0.4, 0.5) is 9.93 Å². The number of amides is 2. The van der Waals surface area contributed by atoms with Crippen LogP contribution in [0.15, 0.2) is 16.7 Å². The molecule has 216 valence electrons. The third kappa shape index (κ3) is 9.31. The molecule has 1 aliphatic rings. The van der Waals surface area contributed by atoms with Crippen LogP contribution < -0.4 is 22.1 Å². The molecular weight excluding hydrogens is 554 g/mol. The van der Waals surface area contributed by atoms with Gasteiger partial charge in [0.15, 0.2) is 11.2 Å². The molecule has 39 heavy (non-hydrogen) atoms. The molecular formula is C23H33N5O9S2. The number of thiazole rings is 1. The average molecular weight is 588 g/mol. The molecule has 0 spiro atoms. The molecule has 0 aromatic carbocycles. The van der Waals surface area contributed by atoms with Gasteiger partial charge in [-0.1, -0.05) is 13.3 Å². The molecule has 1 aliphatic heterocycles. The van der Waals surface area contributed by atoms with Crippen molar-refractivity contribution in [2.75, 3.05) is 24.9 Å². The van der Waals surface area contributed by atoms with Gasteiger partial charge in [-0.05, 0) is 27.2 Å². The fraction of sp³-hybridized carbons (Fsp3) is 0.565. The molecule has 1 aromatic rings. The molecule has 0 saturated heterocycles. The smallest absolute Gasteiger partial charge is 0.404 e. The maximum Gasteiger partial charge on any atom is 0.404 e. The van der Waals surface area contributed by atoms with Crippen LogP contribution in [0.1, 0.15) is 52.1 Å². The number of rotatable bonds is 12. The monoisotopic (exact) mass is 587 g/mol.